The van der Waals surface area contributed by atoms with Crippen LogP contribution in [0.15, 0.2) is 43.0 Å². The maximum absolute atomic E-state index is 12.9. The average molecular weight is 303 g/mol. The summed E-state index contributed by atoms with van der Waals surface area (Å²) in [5.74, 6) is -0.315. The van der Waals surface area contributed by atoms with Gasteiger partial charge >= 0.3 is 0 Å². The zero-order valence-electron chi connectivity index (χ0n) is 12.8. The van der Waals surface area contributed by atoms with Gasteiger partial charge in [-0.05, 0) is 49.5 Å². The molecule has 0 radical (unpaired) electrons. The summed E-state index contributed by atoms with van der Waals surface area (Å²) in [7, 11) is 0. The summed E-state index contributed by atoms with van der Waals surface area (Å²) in [6.07, 6.45) is 5.81. The number of nitrogens with one attached hydrogen (secondary N) is 1. The van der Waals surface area contributed by atoms with Crippen LogP contribution < -0.4 is 5.32 Å². The maximum Gasteiger partial charge on any atom is 0.249 e. The molecule has 2 atom stereocenters. The van der Waals surface area contributed by atoms with E-state index in [1.54, 1.807) is 25.1 Å². The molecular weight excluding hydrogens is 281 g/mol. The fraction of sp³-hybridized carbons (Fsp3) is 0.389. The molecule has 4 heteroatoms. The SMILES string of the molecule is C=CCOC(C)C(=O)NC1CC=C(c2ccc(F)cc2)CC1. The fourth-order valence-corrected chi connectivity index (χ4v) is 2.50. The van der Waals surface area contributed by atoms with Gasteiger partial charge in [-0.1, -0.05) is 24.3 Å². The van der Waals surface area contributed by atoms with Crippen LogP contribution >= 0.6 is 0 Å². The molecule has 2 unspecified atom stereocenters. The van der Waals surface area contributed by atoms with Gasteiger partial charge in [-0.15, -0.1) is 6.58 Å². The van der Waals surface area contributed by atoms with Gasteiger partial charge < -0.3 is 10.1 Å². The first-order valence-corrected chi connectivity index (χ1v) is 7.58. The molecule has 3 nitrogen and oxygen atoms in total. The standard InChI is InChI=1S/C18H22FNO2/c1-3-12-22-13(2)18(21)20-17-10-6-15(7-11-17)14-4-8-16(19)9-5-14/h3-6,8-9,13,17H,1,7,10-12H2,2H3,(H,20,21). The lowest BCUT2D eigenvalue weighted by atomic mass is 9.90. The van der Waals surface area contributed by atoms with Crippen LogP contribution in [-0.4, -0.2) is 24.7 Å². The van der Waals surface area contributed by atoms with E-state index < -0.39 is 6.10 Å². The van der Waals surface area contributed by atoms with Crippen LogP contribution in [0.25, 0.3) is 5.57 Å². The Kier molecular flexibility index (Phi) is 5.90. The highest BCUT2D eigenvalue weighted by atomic mass is 19.1. The number of benzene rings is 1. The Morgan fingerprint density at radius 2 is 2.23 bits per heavy atom. The largest absolute Gasteiger partial charge is 0.365 e. The highest BCUT2D eigenvalue weighted by Crippen LogP contribution is 2.27. The van der Waals surface area contributed by atoms with Crippen LogP contribution in [0, 0.1) is 5.82 Å². The van der Waals surface area contributed by atoms with Crippen molar-refractivity contribution in [3.63, 3.8) is 0 Å². The number of carbonyl (C=O) groups excluding carboxylic acids is 1. The van der Waals surface area contributed by atoms with Crippen molar-refractivity contribution in [2.45, 2.75) is 38.3 Å². The lowest BCUT2D eigenvalue weighted by Gasteiger charge is -2.24. The Bertz CT molecular complexity index is 551. The Hall–Kier alpha value is -1.94. The number of hydrogen-bond donors (Lipinski definition) is 1. The van der Waals surface area contributed by atoms with Gasteiger partial charge in [-0.25, -0.2) is 4.39 Å². The quantitative estimate of drug-likeness (QED) is 0.817. The van der Waals surface area contributed by atoms with E-state index in [1.165, 1.54) is 17.7 Å². The first-order valence-electron chi connectivity index (χ1n) is 7.58. The molecule has 1 aliphatic rings. The molecule has 0 heterocycles. The third kappa shape index (κ3) is 4.53. The summed E-state index contributed by atoms with van der Waals surface area (Å²) in [5.41, 5.74) is 2.26. The molecule has 1 N–H and O–H groups in total. The minimum absolute atomic E-state index is 0.0921. The monoisotopic (exact) mass is 303 g/mol. The van der Waals surface area contributed by atoms with Crippen molar-refractivity contribution >= 4 is 11.5 Å². The van der Waals surface area contributed by atoms with Crippen LogP contribution in [0.5, 0.6) is 0 Å². The van der Waals surface area contributed by atoms with E-state index >= 15 is 0 Å². The van der Waals surface area contributed by atoms with Crippen LogP contribution in [0.3, 0.4) is 0 Å². The molecular formula is C18H22FNO2. The molecule has 0 saturated heterocycles. The summed E-state index contributed by atoms with van der Waals surface area (Å²) >= 11 is 0. The zero-order valence-corrected chi connectivity index (χ0v) is 12.8. The van der Waals surface area contributed by atoms with Crippen LogP contribution in [0.4, 0.5) is 4.39 Å². The molecule has 2 rings (SSSR count). The van der Waals surface area contributed by atoms with E-state index in [1.807, 2.05) is 0 Å². The summed E-state index contributed by atoms with van der Waals surface area (Å²) in [4.78, 5) is 12.0. The minimum atomic E-state index is -0.472. The normalized spacial score (nSPS) is 19.2. The number of carbonyl (C=O) groups is 1. The third-order valence-electron chi connectivity index (χ3n) is 3.81. The Morgan fingerprint density at radius 1 is 1.50 bits per heavy atom. The number of rotatable bonds is 6. The van der Waals surface area contributed by atoms with Crippen molar-refractivity contribution in [3.8, 4) is 0 Å². The second-order valence-corrected chi connectivity index (χ2v) is 5.48. The number of allylic oxidation sites excluding steroid dienone is 1. The van der Waals surface area contributed by atoms with Gasteiger partial charge in [0, 0.05) is 6.04 Å². The lowest BCUT2D eigenvalue weighted by Crippen LogP contribution is -2.41. The number of halogens is 1. The van der Waals surface area contributed by atoms with E-state index in [-0.39, 0.29) is 17.8 Å². The Labute approximate surface area is 130 Å². The van der Waals surface area contributed by atoms with Crippen molar-refractivity contribution in [2.75, 3.05) is 6.61 Å². The number of hydrogen-bond acceptors (Lipinski definition) is 2. The van der Waals surface area contributed by atoms with Crippen molar-refractivity contribution in [1.82, 2.24) is 5.32 Å². The van der Waals surface area contributed by atoms with E-state index in [0.29, 0.717) is 6.61 Å². The van der Waals surface area contributed by atoms with Crippen LogP contribution in [-0.2, 0) is 9.53 Å². The van der Waals surface area contributed by atoms with Crippen molar-refractivity contribution in [1.29, 1.82) is 0 Å². The summed E-state index contributed by atoms with van der Waals surface area (Å²) < 4.78 is 18.3. The van der Waals surface area contributed by atoms with E-state index in [0.717, 1.165) is 24.8 Å². The van der Waals surface area contributed by atoms with Gasteiger partial charge in [-0.3, -0.25) is 4.79 Å². The molecule has 0 bridgehead atoms. The zero-order chi connectivity index (χ0) is 15.9. The van der Waals surface area contributed by atoms with Crippen LogP contribution in [0.1, 0.15) is 31.7 Å². The van der Waals surface area contributed by atoms with Gasteiger partial charge in [0.15, 0.2) is 0 Å². The van der Waals surface area contributed by atoms with E-state index in [4.69, 9.17) is 4.74 Å². The molecule has 1 aromatic carbocycles. The molecule has 0 aromatic heterocycles. The summed E-state index contributed by atoms with van der Waals surface area (Å²) in [6, 6.07) is 6.67. The van der Waals surface area contributed by atoms with Gasteiger partial charge in [-0.2, -0.15) is 0 Å². The molecule has 1 aliphatic carbocycles. The molecule has 1 amide bonds. The first kappa shape index (κ1) is 16.4. The van der Waals surface area contributed by atoms with Crippen LogP contribution in [0.2, 0.25) is 0 Å². The number of ether oxygens (including phenoxy) is 1. The second-order valence-electron chi connectivity index (χ2n) is 5.48. The molecule has 0 aliphatic heterocycles. The van der Waals surface area contributed by atoms with Gasteiger partial charge in [0.1, 0.15) is 11.9 Å². The minimum Gasteiger partial charge on any atom is -0.365 e. The van der Waals surface area contributed by atoms with Gasteiger partial charge in [0.2, 0.25) is 5.91 Å². The molecule has 1 aromatic rings. The highest BCUT2D eigenvalue weighted by Gasteiger charge is 2.20. The van der Waals surface area contributed by atoms with E-state index in [9.17, 15) is 9.18 Å². The smallest absolute Gasteiger partial charge is 0.249 e. The van der Waals surface area contributed by atoms with Gasteiger partial charge in [0.05, 0.1) is 6.61 Å². The average Bonchev–Trinajstić information content (AvgIpc) is 2.54. The fourth-order valence-electron chi connectivity index (χ4n) is 2.50. The molecule has 0 spiro atoms. The van der Waals surface area contributed by atoms with Gasteiger partial charge in [0.25, 0.3) is 0 Å². The van der Waals surface area contributed by atoms with Crippen molar-refractivity contribution in [3.05, 3.63) is 54.4 Å². The van der Waals surface area contributed by atoms with Crippen molar-refractivity contribution < 1.29 is 13.9 Å². The van der Waals surface area contributed by atoms with Crippen molar-refractivity contribution in [2.24, 2.45) is 0 Å². The number of amides is 1. The molecule has 0 fully saturated rings. The third-order valence-corrected chi connectivity index (χ3v) is 3.81. The Morgan fingerprint density at radius 3 is 2.82 bits per heavy atom. The highest BCUT2D eigenvalue weighted by molar-refractivity contribution is 5.80. The predicted octanol–water partition coefficient (Wildman–Crippen LogP) is 3.47. The summed E-state index contributed by atoms with van der Waals surface area (Å²) in [6.45, 7) is 5.67. The van der Waals surface area contributed by atoms with E-state index in [2.05, 4.69) is 18.0 Å². The predicted molar refractivity (Wildman–Crippen MR) is 85.8 cm³/mol. The molecule has 22 heavy (non-hydrogen) atoms. The lowest BCUT2D eigenvalue weighted by molar-refractivity contribution is -0.131. The first-order chi connectivity index (χ1) is 10.6. The molecule has 0 saturated carbocycles. The molecule has 118 valence electrons. The summed E-state index contributed by atoms with van der Waals surface area (Å²) in [5, 5.41) is 3.01. The maximum atomic E-state index is 12.9. The Balaban J connectivity index is 1.87. The second kappa shape index (κ2) is 7.90. The topological polar surface area (TPSA) is 38.3 Å².